The summed E-state index contributed by atoms with van der Waals surface area (Å²) in [6.07, 6.45) is 5.08. The van der Waals surface area contributed by atoms with Crippen LogP contribution in [-0.4, -0.2) is 32.3 Å². The van der Waals surface area contributed by atoms with Crippen LogP contribution in [0.5, 0.6) is 5.75 Å². The maximum absolute atomic E-state index is 5.78. The Morgan fingerprint density at radius 3 is 3.06 bits per heavy atom. The molecule has 0 saturated heterocycles. The van der Waals surface area contributed by atoms with Gasteiger partial charge in [0, 0.05) is 19.1 Å². The van der Waals surface area contributed by atoms with Crippen LogP contribution in [0.4, 0.5) is 5.69 Å². The molecule has 3 nitrogen and oxygen atoms in total. The van der Waals surface area contributed by atoms with Crippen LogP contribution in [0, 0.1) is 0 Å². The van der Waals surface area contributed by atoms with Gasteiger partial charge in [-0.2, -0.15) is 0 Å². The number of hydrogen-bond acceptors (Lipinski definition) is 3. The second kappa shape index (κ2) is 5.61. The van der Waals surface area contributed by atoms with Gasteiger partial charge in [0.2, 0.25) is 0 Å². The average Bonchev–Trinajstić information content (AvgIpc) is 3.22. The number of nitrogens with one attached hydrogen (secondary N) is 1. The van der Waals surface area contributed by atoms with E-state index in [2.05, 4.69) is 34.5 Å². The Hall–Kier alpha value is -1.22. The maximum Gasteiger partial charge on any atom is 0.142 e. The molecule has 0 unspecified atom stereocenters. The van der Waals surface area contributed by atoms with Gasteiger partial charge in [-0.15, -0.1) is 0 Å². The number of fused-ring (bicyclic) bond motifs is 1. The number of anilines is 1. The van der Waals surface area contributed by atoms with Gasteiger partial charge in [-0.05, 0) is 44.4 Å². The molecule has 1 fully saturated rings. The molecule has 1 aromatic carbocycles. The van der Waals surface area contributed by atoms with Crippen LogP contribution in [-0.2, 0) is 0 Å². The van der Waals surface area contributed by atoms with Crippen LogP contribution < -0.4 is 15.0 Å². The van der Waals surface area contributed by atoms with Crippen molar-refractivity contribution in [2.75, 3.05) is 31.1 Å². The predicted octanol–water partition coefficient (Wildman–Crippen LogP) is 2.42. The van der Waals surface area contributed by atoms with Gasteiger partial charge in [0.15, 0.2) is 0 Å². The number of hydrogen-bond donors (Lipinski definition) is 1. The van der Waals surface area contributed by atoms with Gasteiger partial charge in [0.1, 0.15) is 5.75 Å². The lowest BCUT2D eigenvalue weighted by atomic mass is 10.2. The predicted molar refractivity (Wildman–Crippen MR) is 74.4 cm³/mol. The lowest BCUT2D eigenvalue weighted by Crippen LogP contribution is -2.28. The molecule has 0 atom stereocenters. The average molecular weight is 246 g/mol. The van der Waals surface area contributed by atoms with Crippen LogP contribution in [0.25, 0.3) is 0 Å². The first-order valence-electron chi connectivity index (χ1n) is 7.13. The zero-order chi connectivity index (χ0) is 12.2. The van der Waals surface area contributed by atoms with E-state index in [-0.39, 0.29) is 0 Å². The molecule has 1 heterocycles. The monoisotopic (exact) mass is 246 g/mol. The van der Waals surface area contributed by atoms with Gasteiger partial charge < -0.3 is 15.0 Å². The molecule has 2 aliphatic rings. The summed E-state index contributed by atoms with van der Waals surface area (Å²) in [6.45, 7) is 4.22. The topological polar surface area (TPSA) is 24.5 Å². The van der Waals surface area contributed by atoms with Gasteiger partial charge in [-0.25, -0.2) is 0 Å². The molecule has 0 bridgehead atoms. The van der Waals surface area contributed by atoms with Crippen molar-refractivity contribution in [3.8, 4) is 5.75 Å². The van der Waals surface area contributed by atoms with Crippen molar-refractivity contribution in [1.82, 2.24) is 5.32 Å². The highest BCUT2D eigenvalue weighted by Gasteiger charge is 2.20. The fourth-order valence-corrected chi connectivity index (χ4v) is 2.49. The van der Waals surface area contributed by atoms with Crippen LogP contribution in [0.3, 0.4) is 0 Å². The van der Waals surface area contributed by atoms with E-state index in [9.17, 15) is 0 Å². The number of rotatable bonds is 5. The minimum atomic E-state index is 0.824. The number of para-hydroxylation sites is 2. The molecule has 1 N–H and O–H groups in total. The largest absolute Gasteiger partial charge is 0.491 e. The van der Waals surface area contributed by atoms with Crippen molar-refractivity contribution >= 4 is 5.69 Å². The van der Waals surface area contributed by atoms with E-state index in [0.29, 0.717) is 0 Å². The molecule has 0 radical (unpaired) electrons. The summed E-state index contributed by atoms with van der Waals surface area (Å²) in [5.41, 5.74) is 1.27. The van der Waals surface area contributed by atoms with Crippen LogP contribution in [0.1, 0.15) is 25.7 Å². The Bertz CT molecular complexity index is 390. The minimum Gasteiger partial charge on any atom is -0.491 e. The molecule has 0 amide bonds. The third-order valence-electron chi connectivity index (χ3n) is 3.65. The fraction of sp³-hybridized carbons (Fsp3) is 0.600. The van der Waals surface area contributed by atoms with Gasteiger partial charge in [0.25, 0.3) is 0 Å². The first-order valence-corrected chi connectivity index (χ1v) is 7.13. The minimum absolute atomic E-state index is 0.824. The van der Waals surface area contributed by atoms with Crippen LogP contribution >= 0.6 is 0 Å². The summed E-state index contributed by atoms with van der Waals surface area (Å²) < 4.78 is 5.78. The Balaban J connectivity index is 1.56. The Morgan fingerprint density at radius 2 is 2.17 bits per heavy atom. The highest BCUT2D eigenvalue weighted by Crippen LogP contribution is 2.30. The lowest BCUT2D eigenvalue weighted by Gasteiger charge is -2.23. The molecule has 1 aliphatic carbocycles. The van der Waals surface area contributed by atoms with Crippen molar-refractivity contribution in [3.63, 3.8) is 0 Å². The maximum atomic E-state index is 5.78. The Labute approximate surface area is 109 Å². The van der Waals surface area contributed by atoms with E-state index in [1.165, 1.54) is 24.9 Å². The normalized spacial score (nSPS) is 19.0. The second-order valence-corrected chi connectivity index (χ2v) is 5.24. The quantitative estimate of drug-likeness (QED) is 0.808. The van der Waals surface area contributed by atoms with Crippen molar-refractivity contribution in [2.45, 2.75) is 31.7 Å². The summed E-state index contributed by atoms with van der Waals surface area (Å²) in [6, 6.07) is 9.23. The summed E-state index contributed by atoms with van der Waals surface area (Å²) in [5, 5.41) is 3.58. The fourth-order valence-electron chi connectivity index (χ4n) is 2.49. The van der Waals surface area contributed by atoms with Gasteiger partial charge in [-0.3, -0.25) is 0 Å². The van der Waals surface area contributed by atoms with E-state index in [0.717, 1.165) is 44.5 Å². The van der Waals surface area contributed by atoms with Gasteiger partial charge in [0.05, 0.1) is 12.3 Å². The summed E-state index contributed by atoms with van der Waals surface area (Å²) in [7, 11) is 0. The van der Waals surface area contributed by atoms with Crippen molar-refractivity contribution in [2.24, 2.45) is 0 Å². The van der Waals surface area contributed by atoms with E-state index >= 15 is 0 Å². The smallest absolute Gasteiger partial charge is 0.142 e. The van der Waals surface area contributed by atoms with E-state index in [4.69, 9.17) is 4.74 Å². The summed E-state index contributed by atoms with van der Waals surface area (Å²) in [5.74, 6) is 1.05. The van der Waals surface area contributed by atoms with Crippen LogP contribution in [0.2, 0.25) is 0 Å². The highest BCUT2D eigenvalue weighted by atomic mass is 16.5. The zero-order valence-corrected chi connectivity index (χ0v) is 10.9. The standard InChI is InChI=1S/C15H22N2O/c1-2-6-15-14(5-1)17(11-4-12-18-15)10-3-9-16-13-7-8-13/h1-2,5-6,13,16H,3-4,7-12H2. The third kappa shape index (κ3) is 2.96. The molecule has 18 heavy (non-hydrogen) atoms. The Kier molecular flexibility index (Phi) is 3.69. The highest BCUT2D eigenvalue weighted by molar-refractivity contribution is 5.58. The third-order valence-corrected chi connectivity index (χ3v) is 3.65. The SMILES string of the molecule is c1ccc2c(c1)OCCCN2CCCNC1CC1. The zero-order valence-electron chi connectivity index (χ0n) is 10.9. The molecule has 3 rings (SSSR count). The molecular weight excluding hydrogens is 224 g/mol. The molecular formula is C15H22N2O. The molecule has 1 aromatic rings. The van der Waals surface area contributed by atoms with Gasteiger partial charge >= 0.3 is 0 Å². The Morgan fingerprint density at radius 1 is 1.28 bits per heavy atom. The molecule has 1 saturated carbocycles. The molecule has 0 aromatic heterocycles. The van der Waals surface area contributed by atoms with Crippen molar-refractivity contribution in [1.29, 1.82) is 0 Å². The molecule has 3 heteroatoms. The summed E-state index contributed by atoms with van der Waals surface area (Å²) in [4.78, 5) is 2.47. The summed E-state index contributed by atoms with van der Waals surface area (Å²) >= 11 is 0. The van der Waals surface area contributed by atoms with Crippen molar-refractivity contribution in [3.05, 3.63) is 24.3 Å². The molecule has 98 valence electrons. The van der Waals surface area contributed by atoms with Crippen LogP contribution in [0.15, 0.2) is 24.3 Å². The number of ether oxygens (including phenoxy) is 1. The molecule has 1 aliphatic heterocycles. The number of nitrogens with zero attached hydrogens (tertiary/aromatic N) is 1. The van der Waals surface area contributed by atoms with Crippen molar-refractivity contribution < 1.29 is 4.74 Å². The second-order valence-electron chi connectivity index (χ2n) is 5.24. The molecule has 0 spiro atoms. The lowest BCUT2D eigenvalue weighted by molar-refractivity contribution is 0.322. The number of benzene rings is 1. The first kappa shape index (κ1) is 11.8. The van der Waals surface area contributed by atoms with E-state index in [1.807, 2.05) is 0 Å². The first-order chi connectivity index (χ1) is 8.93. The van der Waals surface area contributed by atoms with E-state index < -0.39 is 0 Å². The van der Waals surface area contributed by atoms with Gasteiger partial charge in [-0.1, -0.05) is 12.1 Å². The van der Waals surface area contributed by atoms with E-state index in [1.54, 1.807) is 0 Å².